The van der Waals surface area contributed by atoms with Crippen molar-refractivity contribution >= 4 is 34.5 Å². The third kappa shape index (κ3) is 2.63. The average molecular weight is 225 g/mol. The van der Waals surface area contributed by atoms with Gasteiger partial charge in [-0.25, -0.2) is 0 Å². The summed E-state index contributed by atoms with van der Waals surface area (Å²) in [6.07, 6.45) is 1.05. The van der Waals surface area contributed by atoms with Crippen molar-refractivity contribution in [2.45, 2.75) is 18.9 Å². The maximum atomic E-state index is 9.59. The number of thiophene rings is 1. The summed E-state index contributed by atoms with van der Waals surface area (Å²) in [4.78, 5) is 0.849. The van der Waals surface area contributed by atoms with Gasteiger partial charge in [0, 0.05) is 5.88 Å². The number of halogens is 2. The number of aliphatic hydroxyl groups excluding tert-OH is 1. The Balaban J connectivity index is 2.52. The molecule has 1 unspecified atom stereocenters. The number of alkyl halides is 1. The van der Waals surface area contributed by atoms with Crippen LogP contribution < -0.4 is 0 Å². The van der Waals surface area contributed by atoms with Gasteiger partial charge in [-0.15, -0.1) is 22.9 Å². The third-order valence-electron chi connectivity index (χ3n) is 1.56. The van der Waals surface area contributed by atoms with Crippen molar-refractivity contribution in [2.75, 3.05) is 5.88 Å². The van der Waals surface area contributed by atoms with Crippen molar-refractivity contribution in [3.05, 3.63) is 21.3 Å². The standard InChI is InChI=1S/C8H10Cl2OS/c9-4-1-2-7(11)8-6(10)3-5-12-8/h3,5,7,11H,1-2,4H2. The van der Waals surface area contributed by atoms with E-state index < -0.39 is 6.10 Å². The van der Waals surface area contributed by atoms with Crippen LogP contribution in [0.4, 0.5) is 0 Å². The first-order valence-electron chi connectivity index (χ1n) is 3.72. The molecule has 0 saturated carbocycles. The zero-order valence-electron chi connectivity index (χ0n) is 6.46. The Kier molecular flexibility index (Phi) is 4.36. The van der Waals surface area contributed by atoms with E-state index in [-0.39, 0.29) is 0 Å². The first-order chi connectivity index (χ1) is 5.75. The van der Waals surface area contributed by atoms with E-state index in [1.54, 1.807) is 6.07 Å². The Hall–Kier alpha value is 0.240. The molecule has 1 aromatic heterocycles. The van der Waals surface area contributed by atoms with Gasteiger partial charge in [0.1, 0.15) is 0 Å². The fourth-order valence-corrected chi connectivity index (χ4v) is 2.30. The number of rotatable bonds is 4. The number of hydrogen-bond donors (Lipinski definition) is 1. The highest BCUT2D eigenvalue weighted by atomic mass is 35.5. The molecule has 0 aliphatic rings. The van der Waals surface area contributed by atoms with Gasteiger partial charge < -0.3 is 5.11 Å². The fourth-order valence-electron chi connectivity index (χ4n) is 0.945. The Labute approximate surface area is 85.9 Å². The molecule has 0 aliphatic heterocycles. The van der Waals surface area contributed by atoms with Gasteiger partial charge in [-0.3, -0.25) is 0 Å². The molecule has 12 heavy (non-hydrogen) atoms. The molecule has 0 amide bonds. The number of aliphatic hydroxyl groups is 1. The van der Waals surface area contributed by atoms with E-state index in [1.165, 1.54) is 11.3 Å². The second kappa shape index (κ2) is 5.07. The Morgan fingerprint density at radius 3 is 2.83 bits per heavy atom. The predicted molar refractivity (Wildman–Crippen MR) is 54.2 cm³/mol. The molecule has 0 bridgehead atoms. The minimum absolute atomic E-state index is 0.448. The van der Waals surface area contributed by atoms with E-state index in [0.29, 0.717) is 17.3 Å². The first kappa shape index (κ1) is 10.3. The molecular formula is C8H10Cl2OS. The third-order valence-corrected chi connectivity index (χ3v) is 3.29. The summed E-state index contributed by atoms with van der Waals surface area (Å²) in [5.74, 6) is 0.583. The van der Waals surface area contributed by atoms with Crippen LogP contribution in [0.3, 0.4) is 0 Å². The molecular weight excluding hydrogens is 215 g/mol. The normalized spacial score (nSPS) is 13.2. The van der Waals surface area contributed by atoms with Crippen LogP contribution in [0.1, 0.15) is 23.8 Å². The van der Waals surface area contributed by atoms with E-state index in [9.17, 15) is 5.11 Å². The summed E-state index contributed by atoms with van der Waals surface area (Å²) in [5, 5.41) is 12.1. The molecule has 0 saturated heterocycles. The second-order valence-corrected chi connectivity index (χ2v) is 4.21. The van der Waals surface area contributed by atoms with Crippen LogP contribution in [-0.4, -0.2) is 11.0 Å². The monoisotopic (exact) mass is 224 g/mol. The van der Waals surface area contributed by atoms with Crippen molar-refractivity contribution < 1.29 is 5.11 Å². The van der Waals surface area contributed by atoms with E-state index in [4.69, 9.17) is 23.2 Å². The van der Waals surface area contributed by atoms with Crippen LogP contribution >= 0.6 is 34.5 Å². The molecule has 0 aromatic carbocycles. The summed E-state index contributed by atoms with van der Waals surface area (Å²) in [6, 6.07) is 1.80. The Morgan fingerprint density at radius 2 is 2.33 bits per heavy atom. The Bertz CT molecular complexity index is 237. The lowest BCUT2D eigenvalue weighted by Gasteiger charge is -2.06. The lowest BCUT2D eigenvalue weighted by molar-refractivity contribution is 0.170. The maximum Gasteiger partial charge on any atom is 0.0897 e. The summed E-state index contributed by atoms with van der Waals surface area (Å²) >= 11 is 12.8. The average Bonchev–Trinajstić information content (AvgIpc) is 2.47. The van der Waals surface area contributed by atoms with Crippen molar-refractivity contribution in [3.63, 3.8) is 0 Å². The van der Waals surface area contributed by atoms with Gasteiger partial charge in [0.2, 0.25) is 0 Å². The molecule has 0 fully saturated rings. The van der Waals surface area contributed by atoms with Crippen molar-refractivity contribution in [1.82, 2.24) is 0 Å². The van der Waals surface area contributed by atoms with Crippen molar-refractivity contribution in [2.24, 2.45) is 0 Å². The summed E-state index contributed by atoms with van der Waals surface area (Å²) in [6.45, 7) is 0. The van der Waals surface area contributed by atoms with E-state index in [2.05, 4.69) is 0 Å². The highest BCUT2D eigenvalue weighted by Gasteiger charge is 2.11. The lowest BCUT2D eigenvalue weighted by atomic mass is 10.2. The SMILES string of the molecule is OC(CCCCl)c1sccc1Cl. The van der Waals surface area contributed by atoms with Crippen LogP contribution in [0.2, 0.25) is 5.02 Å². The van der Waals surface area contributed by atoms with Crippen LogP contribution in [-0.2, 0) is 0 Å². The largest absolute Gasteiger partial charge is 0.388 e. The van der Waals surface area contributed by atoms with Crippen LogP contribution in [0.15, 0.2) is 11.4 Å². The minimum atomic E-state index is -0.448. The topological polar surface area (TPSA) is 20.2 Å². The minimum Gasteiger partial charge on any atom is -0.388 e. The molecule has 1 heterocycles. The maximum absolute atomic E-state index is 9.59. The van der Waals surface area contributed by atoms with Gasteiger partial charge in [-0.1, -0.05) is 11.6 Å². The fraction of sp³-hybridized carbons (Fsp3) is 0.500. The van der Waals surface area contributed by atoms with Gasteiger partial charge in [-0.05, 0) is 24.3 Å². The first-order valence-corrected chi connectivity index (χ1v) is 5.52. The highest BCUT2D eigenvalue weighted by Crippen LogP contribution is 2.30. The quantitative estimate of drug-likeness (QED) is 0.778. The van der Waals surface area contributed by atoms with Crippen LogP contribution in [0.25, 0.3) is 0 Å². The smallest absolute Gasteiger partial charge is 0.0897 e. The highest BCUT2D eigenvalue weighted by molar-refractivity contribution is 7.10. The molecule has 0 radical (unpaired) electrons. The summed E-state index contributed by atoms with van der Waals surface area (Å²) in [7, 11) is 0. The second-order valence-electron chi connectivity index (χ2n) is 2.48. The Morgan fingerprint density at radius 1 is 1.58 bits per heavy atom. The number of hydrogen-bond acceptors (Lipinski definition) is 2. The summed E-state index contributed by atoms with van der Waals surface area (Å²) in [5.41, 5.74) is 0. The molecule has 1 nitrogen and oxygen atoms in total. The van der Waals surface area contributed by atoms with Crippen molar-refractivity contribution in [3.8, 4) is 0 Å². The molecule has 1 rings (SSSR count). The molecule has 1 N–H and O–H groups in total. The van der Waals surface area contributed by atoms with E-state index in [1.807, 2.05) is 5.38 Å². The van der Waals surface area contributed by atoms with E-state index in [0.717, 1.165) is 11.3 Å². The molecule has 1 atom stereocenters. The van der Waals surface area contributed by atoms with Crippen molar-refractivity contribution in [1.29, 1.82) is 0 Å². The predicted octanol–water partition coefficient (Wildman–Crippen LogP) is 3.45. The van der Waals surface area contributed by atoms with Gasteiger partial charge in [0.15, 0.2) is 0 Å². The molecule has 4 heteroatoms. The lowest BCUT2D eigenvalue weighted by Crippen LogP contribution is -1.95. The van der Waals surface area contributed by atoms with Gasteiger partial charge in [0.25, 0.3) is 0 Å². The van der Waals surface area contributed by atoms with Crippen LogP contribution in [0.5, 0.6) is 0 Å². The van der Waals surface area contributed by atoms with Crippen LogP contribution in [0, 0.1) is 0 Å². The zero-order valence-corrected chi connectivity index (χ0v) is 8.79. The van der Waals surface area contributed by atoms with Gasteiger partial charge in [-0.2, -0.15) is 0 Å². The van der Waals surface area contributed by atoms with E-state index >= 15 is 0 Å². The molecule has 0 aliphatic carbocycles. The van der Waals surface area contributed by atoms with Gasteiger partial charge in [0.05, 0.1) is 16.0 Å². The summed E-state index contributed by atoms with van der Waals surface area (Å²) < 4.78 is 0. The molecule has 0 spiro atoms. The molecule has 1 aromatic rings. The zero-order chi connectivity index (χ0) is 8.97. The molecule has 68 valence electrons. The van der Waals surface area contributed by atoms with Gasteiger partial charge >= 0.3 is 0 Å².